The lowest BCUT2D eigenvalue weighted by atomic mass is 10.1. The summed E-state index contributed by atoms with van der Waals surface area (Å²) in [6, 6.07) is 8.33. The summed E-state index contributed by atoms with van der Waals surface area (Å²) >= 11 is 1.61. The van der Waals surface area contributed by atoms with Crippen molar-refractivity contribution < 1.29 is 0 Å². The molecule has 4 rings (SSSR count). The molecule has 0 fully saturated rings. The van der Waals surface area contributed by atoms with Crippen molar-refractivity contribution in [3.63, 3.8) is 0 Å². The van der Waals surface area contributed by atoms with Crippen molar-refractivity contribution >= 4 is 22.2 Å². The van der Waals surface area contributed by atoms with Gasteiger partial charge in [0.25, 0.3) is 0 Å². The van der Waals surface area contributed by atoms with Crippen LogP contribution in [-0.4, -0.2) is 15.6 Å². The molecule has 0 spiro atoms. The second-order valence-corrected chi connectivity index (χ2v) is 6.22. The van der Waals surface area contributed by atoms with Crippen LogP contribution in [0.5, 0.6) is 0 Å². The highest BCUT2D eigenvalue weighted by Gasteiger charge is 2.26. The summed E-state index contributed by atoms with van der Waals surface area (Å²) in [5.74, 6) is 0. The van der Waals surface area contributed by atoms with Crippen molar-refractivity contribution in [2.24, 2.45) is 5.73 Å². The Hall–Kier alpha value is -2.16. The van der Waals surface area contributed by atoms with E-state index in [0.29, 0.717) is 5.56 Å². The van der Waals surface area contributed by atoms with Crippen LogP contribution in [0.3, 0.4) is 0 Å². The van der Waals surface area contributed by atoms with E-state index in [2.05, 4.69) is 21.0 Å². The molecular formula is C16H14N4S. The summed E-state index contributed by atoms with van der Waals surface area (Å²) < 4.78 is 2.31. The Labute approximate surface area is 126 Å². The second-order valence-electron chi connectivity index (χ2n) is 5.50. The van der Waals surface area contributed by atoms with Crippen LogP contribution in [0.1, 0.15) is 22.5 Å². The summed E-state index contributed by atoms with van der Waals surface area (Å²) in [4.78, 5) is 4.39. The third kappa shape index (κ3) is 1.96. The lowest BCUT2D eigenvalue weighted by Gasteiger charge is -2.09. The number of aromatic nitrogens is 2. The SMILES string of the molecule is N#Cc1ccc2c(c1)c1c(n2Cc2cscn2)CC(N)C1. The number of benzene rings is 1. The molecule has 21 heavy (non-hydrogen) atoms. The molecule has 0 saturated heterocycles. The molecule has 0 radical (unpaired) electrons. The van der Waals surface area contributed by atoms with Gasteiger partial charge in [-0.25, -0.2) is 4.98 Å². The Morgan fingerprint density at radius 2 is 2.33 bits per heavy atom. The van der Waals surface area contributed by atoms with E-state index in [0.717, 1.165) is 25.1 Å². The number of nitrogens with zero attached hydrogens (tertiary/aromatic N) is 3. The normalized spacial score (nSPS) is 17.0. The van der Waals surface area contributed by atoms with Gasteiger partial charge >= 0.3 is 0 Å². The first kappa shape index (κ1) is 12.6. The van der Waals surface area contributed by atoms with Gasteiger partial charge in [-0.15, -0.1) is 11.3 Å². The summed E-state index contributed by atoms with van der Waals surface area (Å²) in [6.45, 7) is 0.772. The first-order valence-electron chi connectivity index (χ1n) is 6.93. The smallest absolute Gasteiger partial charge is 0.0991 e. The Bertz CT molecular complexity index is 855. The maximum Gasteiger partial charge on any atom is 0.0991 e. The summed E-state index contributed by atoms with van der Waals surface area (Å²) in [5, 5.41) is 12.4. The summed E-state index contributed by atoms with van der Waals surface area (Å²) in [5.41, 5.74) is 13.6. The number of hydrogen-bond donors (Lipinski definition) is 1. The predicted octanol–water partition coefficient (Wildman–Crippen LogP) is 2.44. The van der Waals surface area contributed by atoms with Crippen molar-refractivity contribution in [1.82, 2.24) is 9.55 Å². The Morgan fingerprint density at radius 3 is 3.10 bits per heavy atom. The minimum absolute atomic E-state index is 0.187. The van der Waals surface area contributed by atoms with E-state index in [1.165, 1.54) is 22.2 Å². The van der Waals surface area contributed by atoms with Gasteiger partial charge in [-0.1, -0.05) is 0 Å². The summed E-state index contributed by atoms with van der Waals surface area (Å²) in [6.07, 6.45) is 1.79. The van der Waals surface area contributed by atoms with Crippen molar-refractivity contribution in [3.05, 3.63) is 51.6 Å². The van der Waals surface area contributed by atoms with Gasteiger partial charge in [-0.3, -0.25) is 0 Å². The van der Waals surface area contributed by atoms with Crippen LogP contribution < -0.4 is 5.73 Å². The molecule has 1 atom stereocenters. The van der Waals surface area contributed by atoms with Gasteiger partial charge in [-0.05, 0) is 30.2 Å². The zero-order chi connectivity index (χ0) is 14.4. The molecule has 0 amide bonds. The maximum absolute atomic E-state index is 9.12. The van der Waals surface area contributed by atoms with Crippen LogP contribution in [0.15, 0.2) is 29.1 Å². The highest BCUT2D eigenvalue weighted by atomic mass is 32.1. The van der Waals surface area contributed by atoms with E-state index in [1.54, 1.807) is 11.3 Å². The standard InChI is InChI=1S/C16H14N4S/c17-6-10-1-2-15-13(3-10)14-4-11(18)5-16(14)20(15)7-12-8-21-9-19-12/h1-3,8-9,11H,4-5,7,18H2. The minimum atomic E-state index is 0.187. The van der Waals surface area contributed by atoms with Gasteiger partial charge in [0.15, 0.2) is 0 Å². The van der Waals surface area contributed by atoms with Crippen LogP contribution in [0, 0.1) is 11.3 Å². The van der Waals surface area contributed by atoms with Crippen molar-refractivity contribution in [2.75, 3.05) is 0 Å². The highest BCUT2D eigenvalue weighted by Crippen LogP contribution is 2.33. The van der Waals surface area contributed by atoms with E-state index in [9.17, 15) is 0 Å². The molecule has 2 aromatic heterocycles. The molecule has 3 aromatic rings. The van der Waals surface area contributed by atoms with E-state index in [4.69, 9.17) is 11.0 Å². The fraction of sp³-hybridized carbons (Fsp3) is 0.250. The summed E-state index contributed by atoms with van der Waals surface area (Å²) in [7, 11) is 0. The van der Waals surface area contributed by atoms with Gasteiger partial charge in [0.1, 0.15) is 0 Å². The lowest BCUT2D eigenvalue weighted by Crippen LogP contribution is -2.20. The Morgan fingerprint density at radius 1 is 1.43 bits per heavy atom. The number of thiazole rings is 1. The zero-order valence-electron chi connectivity index (χ0n) is 11.4. The van der Waals surface area contributed by atoms with Crippen molar-refractivity contribution in [3.8, 4) is 6.07 Å². The molecular weight excluding hydrogens is 280 g/mol. The number of rotatable bonds is 2. The first-order chi connectivity index (χ1) is 10.3. The molecule has 2 heterocycles. The van der Waals surface area contributed by atoms with E-state index < -0.39 is 0 Å². The molecule has 104 valence electrons. The fourth-order valence-electron chi connectivity index (χ4n) is 3.25. The minimum Gasteiger partial charge on any atom is -0.338 e. The number of fused-ring (bicyclic) bond motifs is 3. The number of nitrogens with two attached hydrogens (primary N) is 1. The third-order valence-corrected chi connectivity index (χ3v) is 4.78. The van der Waals surface area contributed by atoms with Gasteiger partial charge in [0, 0.05) is 34.4 Å². The molecule has 5 heteroatoms. The predicted molar refractivity (Wildman–Crippen MR) is 83.3 cm³/mol. The zero-order valence-corrected chi connectivity index (χ0v) is 12.2. The average molecular weight is 294 g/mol. The van der Waals surface area contributed by atoms with Crippen molar-refractivity contribution in [1.29, 1.82) is 5.26 Å². The third-order valence-electron chi connectivity index (χ3n) is 4.14. The topological polar surface area (TPSA) is 67.6 Å². The highest BCUT2D eigenvalue weighted by molar-refractivity contribution is 7.07. The van der Waals surface area contributed by atoms with Gasteiger partial charge in [0.2, 0.25) is 0 Å². The van der Waals surface area contributed by atoms with Gasteiger partial charge in [-0.2, -0.15) is 5.26 Å². The van der Waals surface area contributed by atoms with Gasteiger partial charge in [0.05, 0.1) is 29.4 Å². The molecule has 0 aliphatic heterocycles. The van der Waals surface area contributed by atoms with Crippen molar-refractivity contribution in [2.45, 2.75) is 25.4 Å². The van der Waals surface area contributed by atoms with Crippen LogP contribution in [0.2, 0.25) is 0 Å². The molecule has 1 aromatic carbocycles. The van der Waals surface area contributed by atoms with Crippen LogP contribution in [0.4, 0.5) is 0 Å². The quantitative estimate of drug-likeness (QED) is 0.789. The largest absolute Gasteiger partial charge is 0.338 e. The average Bonchev–Trinajstić information content (AvgIpc) is 3.18. The first-order valence-corrected chi connectivity index (χ1v) is 7.87. The fourth-order valence-corrected chi connectivity index (χ4v) is 3.80. The lowest BCUT2D eigenvalue weighted by molar-refractivity contribution is 0.684. The molecule has 4 nitrogen and oxygen atoms in total. The van der Waals surface area contributed by atoms with Crippen LogP contribution >= 0.6 is 11.3 Å². The number of hydrogen-bond acceptors (Lipinski definition) is 4. The molecule has 1 aliphatic rings. The molecule has 1 aliphatic carbocycles. The molecule has 2 N–H and O–H groups in total. The van der Waals surface area contributed by atoms with E-state index >= 15 is 0 Å². The van der Waals surface area contributed by atoms with Gasteiger partial charge < -0.3 is 10.3 Å². The number of nitriles is 1. The monoisotopic (exact) mass is 294 g/mol. The molecule has 0 saturated carbocycles. The Kier molecular flexibility index (Phi) is 2.81. The molecule has 0 bridgehead atoms. The van der Waals surface area contributed by atoms with Crippen LogP contribution in [-0.2, 0) is 19.4 Å². The van der Waals surface area contributed by atoms with E-state index in [1.807, 2.05) is 23.7 Å². The second kappa shape index (κ2) is 4.69. The van der Waals surface area contributed by atoms with Crippen LogP contribution in [0.25, 0.3) is 10.9 Å². The molecule has 1 unspecified atom stereocenters. The Balaban J connectivity index is 1.93. The van der Waals surface area contributed by atoms with E-state index in [-0.39, 0.29) is 6.04 Å². The maximum atomic E-state index is 9.12.